The van der Waals surface area contributed by atoms with Crippen LogP contribution in [-0.2, 0) is 6.42 Å². The minimum Gasteiger partial charge on any atom is -0.360 e. The van der Waals surface area contributed by atoms with Crippen molar-refractivity contribution in [1.29, 1.82) is 0 Å². The normalized spacial score (nSPS) is 12.4. The molecule has 4 aromatic rings. The SMILES string of the molecule is N[C@@H](CNc1ncc(-c2ccc3[nH]ncc3c2)s1)Cc1ccc(Cl)cc1. The van der Waals surface area contributed by atoms with E-state index in [9.17, 15) is 0 Å². The minimum atomic E-state index is 0.00538. The fourth-order valence-electron chi connectivity index (χ4n) is 2.80. The van der Waals surface area contributed by atoms with Crippen LogP contribution in [0.2, 0.25) is 5.02 Å². The van der Waals surface area contributed by atoms with E-state index < -0.39 is 0 Å². The standard InChI is InChI=1S/C19H18ClN5S/c20-15-4-1-12(2-5-15)7-16(21)10-22-19-23-11-18(26-19)13-3-6-17-14(8-13)9-24-25-17/h1-6,8-9,11,16H,7,10,21H2,(H,22,23)(H,24,25)/t16-/m1/s1. The third-order valence-corrected chi connectivity index (χ3v) is 5.41. The third-order valence-electron chi connectivity index (χ3n) is 4.16. The zero-order valence-electron chi connectivity index (χ0n) is 13.9. The summed E-state index contributed by atoms with van der Waals surface area (Å²) in [5, 5.41) is 13.1. The zero-order valence-corrected chi connectivity index (χ0v) is 15.5. The van der Waals surface area contributed by atoms with Crippen molar-refractivity contribution in [2.24, 2.45) is 5.73 Å². The molecule has 0 bridgehead atoms. The van der Waals surface area contributed by atoms with Crippen molar-refractivity contribution in [1.82, 2.24) is 15.2 Å². The van der Waals surface area contributed by atoms with Crippen LogP contribution >= 0.6 is 22.9 Å². The summed E-state index contributed by atoms with van der Waals surface area (Å²) in [6.45, 7) is 0.663. The van der Waals surface area contributed by atoms with Crippen molar-refractivity contribution in [3.8, 4) is 10.4 Å². The third kappa shape index (κ3) is 3.88. The van der Waals surface area contributed by atoms with E-state index >= 15 is 0 Å². The number of nitrogens with zero attached hydrogens (tertiary/aromatic N) is 2. The molecular formula is C19H18ClN5S. The number of hydrogen-bond donors (Lipinski definition) is 3. The topological polar surface area (TPSA) is 79.6 Å². The van der Waals surface area contributed by atoms with Crippen molar-refractivity contribution in [2.75, 3.05) is 11.9 Å². The van der Waals surface area contributed by atoms with Crippen LogP contribution in [0.4, 0.5) is 5.13 Å². The molecule has 0 radical (unpaired) electrons. The van der Waals surface area contributed by atoms with Gasteiger partial charge in [0.25, 0.3) is 0 Å². The molecule has 0 aliphatic carbocycles. The number of halogens is 1. The highest BCUT2D eigenvalue weighted by molar-refractivity contribution is 7.18. The Labute approximate surface area is 160 Å². The Balaban J connectivity index is 1.37. The number of anilines is 1. The molecule has 132 valence electrons. The van der Waals surface area contributed by atoms with E-state index in [0.29, 0.717) is 6.54 Å². The maximum absolute atomic E-state index is 6.23. The van der Waals surface area contributed by atoms with Crippen molar-refractivity contribution < 1.29 is 0 Å². The summed E-state index contributed by atoms with van der Waals surface area (Å²) in [5.74, 6) is 0. The fourth-order valence-corrected chi connectivity index (χ4v) is 3.74. The predicted octanol–water partition coefficient (Wildman–Crippen LogP) is 4.32. The molecule has 0 saturated heterocycles. The first-order valence-corrected chi connectivity index (χ1v) is 9.50. The van der Waals surface area contributed by atoms with Gasteiger partial charge in [0.15, 0.2) is 5.13 Å². The number of thiazole rings is 1. The highest BCUT2D eigenvalue weighted by Crippen LogP contribution is 2.30. The molecule has 0 unspecified atom stereocenters. The van der Waals surface area contributed by atoms with Gasteiger partial charge in [-0.1, -0.05) is 41.1 Å². The molecule has 0 amide bonds. The molecule has 4 rings (SSSR count). The summed E-state index contributed by atoms with van der Waals surface area (Å²) < 4.78 is 0. The van der Waals surface area contributed by atoms with Crippen molar-refractivity contribution >= 4 is 39.0 Å². The lowest BCUT2D eigenvalue weighted by atomic mass is 10.1. The van der Waals surface area contributed by atoms with E-state index in [1.54, 1.807) is 11.3 Å². The molecule has 2 aromatic carbocycles. The van der Waals surface area contributed by atoms with E-state index in [-0.39, 0.29) is 6.04 Å². The smallest absolute Gasteiger partial charge is 0.183 e. The number of rotatable bonds is 6. The molecule has 4 N–H and O–H groups in total. The predicted molar refractivity (Wildman–Crippen MR) is 109 cm³/mol. The van der Waals surface area contributed by atoms with E-state index in [1.165, 1.54) is 5.56 Å². The van der Waals surface area contributed by atoms with Gasteiger partial charge in [-0.25, -0.2) is 4.98 Å². The molecule has 0 spiro atoms. The Morgan fingerprint density at radius 1 is 1.15 bits per heavy atom. The van der Waals surface area contributed by atoms with Gasteiger partial charge in [-0.3, -0.25) is 5.10 Å². The monoisotopic (exact) mass is 383 g/mol. The number of aromatic amines is 1. The van der Waals surface area contributed by atoms with Crippen LogP contribution in [-0.4, -0.2) is 27.8 Å². The van der Waals surface area contributed by atoms with Gasteiger partial charge in [0.1, 0.15) is 0 Å². The van der Waals surface area contributed by atoms with Gasteiger partial charge in [-0.15, -0.1) is 0 Å². The van der Waals surface area contributed by atoms with Gasteiger partial charge in [-0.05, 0) is 41.8 Å². The number of H-pyrrole nitrogens is 1. The van der Waals surface area contributed by atoms with E-state index in [4.69, 9.17) is 17.3 Å². The Bertz CT molecular complexity index is 1010. The van der Waals surface area contributed by atoms with Crippen LogP contribution in [0.3, 0.4) is 0 Å². The molecule has 26 heavy (non-hydrogen) atoms. The first-order chi connectivity index (χ1) is 12.7. The van der Waals surface area contributed by atoms with Crippen LogP contribution in [0.25, 0.3) is 21.3 Å². The van der Waals surface area contributed by atoms with Gasteiger partial charge >= 0.3 is 0 Å². The van der Waals surface area contributed by atoms with Gasteiger partial charge in [0.05, 0.1) is 16.6 Å². The van der Waals surface area contributed by atoms with Gasteiger partial charge in [0.2, 0.25) is 0 Å². The Morgan fingerprint density at radius 3 is 2.85 bits per heavy atom. The molecule has 5 nitrogen and oxygen atoms in total. The van der Waals surface area contributed by atoms with Gasteiger partial charge in [-0.2, -0.15) is 5.10 Å². The summed E-state index contributed by atoms with van der Waals surface area (Å²) in [7, 11) is 0. The molecule has 7 heteroatoms. The highest BCUT2D eigenvalue weighted by atomic mass is 35.5. The van der Waals surface area contributed by atoms with E-state index in [2.05, 4.69) is 32.6 Å². The van der Waals surface area contributed by atoms with Gasteiger partial charge in [0, 0.05) is 29.2 Å². The van der Waals surface area contributed by atoms with Crippen LogP contribution < -0.4 is 11.1 Å². The lowest BCUT2D eigenvalue weighted by molar-refractivity contribution is 0.699. The molecule has 0 aliphatic rings. The van der Waals surface area contributed by atoms with E-state index in [0.717, 1.165) is 37.9 Å². The number of benzene rings is 2. The second-order valence-corrected chi connectivity index (χ2v) is 7.64. The largest absolute Gasteiger partial charge is 0.360 e. The first kappa shape index (κ1) is 17.0. The van der Waals surface area contributed by atoms with Crippen LogP contribution in [0.5, 0.6) is 0 Å². The average molecular weight is 384 g/mol. The average Bonchev–Trinajstić information content (AvgIpc) is 3.30. The molecule has 0 aliphatic heterocycles. The van der Waals surface area contributed by atoms with Crippen molar-refractivity contribution in [3.63, 3.8) is 0 Å². The maximum atomic E-state index is 6.23. The van der Waals surface area contributed by atoms with Crippen LogP contribution in [0.1, 0.15) is 5.56 Å². The van der Waals surface area contributed by atoms with Crippen molar-refractivity contribution in [2.45, 2.75) is 12.5 Å². The first-order valence-electron chi connectivity index (χ1n) is 8.30. The summed E-state index contributed by atoms with van der Waals surface area (Å²) in [4.78, 5) is 5.57. The van der Waals surface area contributed by atoms with Crippen molar-refractivity contribution in [3.05, 3.63) is 65.4 Å². The Kier molecular flexibility index (Phi) is 4.88. The quantitative estimate of drug-likeness (QED) is 0.463. The van der Waals surface area contributed by atoms with Crippen LogP contribution in [0, 0.1) is 0 Å². The van der Waals surface area contributed by atoms with Gasteiger partial charge < -0.3 is 11.1 Å². The second-order valence-electron chi connectivity index (χ2n) is 6.17. The summed E-state index contributed by atoms with van der Waals surface area (Å²) in [5.41, 5.74) is 9.57. The molecular weight excluding hydrogens is 366 g/mol. The number of aromatic nitrogens is 3. The number of nitrogens with two attached hydrogens (primary N) is 1. The number of fused-ring (bicyclic) bond motifs is 1. The molecule has 2 heterocycles. The molecule has 2 aromatic heterocycles. The lowest BCUT2D eigenvalue weighted by Gasteiger charge is -2.12. The van der Waals surface area contributed by atoms with Crippen LogP contribution in [0.15, 0.2) is 54.9 Å². The molecule has 0 fully saturated rings. The Morgan fingerprint density at radius 2 is 2.00 bits per heavy atom. The second kappa shape index (κ2) is 7.45. The molecule has 0 saturated carbocycles. The number of hydrogen-bond acceptors (Lipinski definition) is 5. The summed E-state index contributed by atoms with van der Waals surface area (Å²) in [6, 6.07) is 14.0. The molecule has 1 atom stereocenters. The number of nitrogens with one attached hydrogen (secondary N) is 2. The summed E-state index contributed by atoms with van der Waals surface area (Å²) >= 11 is 7.53. The van der Waals surface area contributed by atoms with E-state index in [1.807, 2.05) is 42.7 Å². The highest BCUT2D eigenvalue weighted by Gasteiger charge is 2.08. The maximum Gasteiger partial charge on any atom is 0.183 e. The fraction of sp³-hybridized carbons (Fsp3) is 0.158. The lowest BCUT2D eigenvalue weighted by Crippen LogP contribution is -2.31. The summed E-state index contributed by atoms with van der Waals surface area (Å²) in [6.07, 6.45) is 4.51. The minimum absolute atomic E-state index is 0.00538. The zero-order chi connectivity index (χ0) is 17.9. The Hall–Kier alpha value is -2.41.